The molecule has 0 atom stereocenters. The minimum Gasteiger partial charge on any atom is -0.378 e. The van der Waals surface area contributed by atoms with E-state index in [-0.39, 0.29) is 0 Å². The molecule has 1 aliphatic rings. The highest BCUT2D eigenvalue weighted by molar-refractivity contribution is 7.98. The third kappa shape index (κ3) is 3.46. The Morgan fingerprint density at radius 1 is 1.22 bits per heavy atom. The van der Waals surface area contributed by atoms with E-state index in [9.17, 15) is 0 Å². The quantitative estimate of drug-likeness (QED) is 0.825. The third-order valence-corrected chi connectivity index (χ3v) is 3.05. The topological polar surface area (TPSA) is 63.2 Å². The van der Waals surface area contributed by atoms with E-state index in [4.69, 9.17) is 4.74 Å². The summed E-state index contributed by atoms with van der Waals surface area (Å²) >= 11 is 1.53. The van der Waals surface area contributed by atoms with Crippen molar-refractivity contribution in [3.05, 3.63) is 0 Å². The number of ether oxygens (including phenoxy) is 1. The number of anilines is 2. The molecule has 2 rings (SSSR count). The van der Waals surface area contributed by atoms with Gasteiger partial charge in [0.1, 0.15) is 0 Å². The van der Waals surface area contributed by atoms with Crippen molar-refractivity contribution < 1.29 is 4.74 Å². The average Bonchev–Trinajstić information content (AvgIpc) is 2.38. The molecular weight excluding hydrogens is 250 g/mol. The van der Waals surface area contributed by atoms with Crippen LogP contribution in [-0.2, 0) is 4.74 Å². The Balaban J connectivity index is 2.22. The summed E-state index contributed by atoms with van der Waals surface area (Å²) in [6.07, 6.45) is 1.97. The van der Waals surface area contributed by atoms with Crippen LogP contribution < -0.4 is 10.2 Å². The van der Waals surface area contributed by atoms with Gasteiger partial charge >= 0.3 is 0 Å². The van der Waals surface area contributed by atoms with E-state index in [0.717, 1.165) is 37.4 Å². The molecule has 1 aromatic heterocycles. The highest BCUT2D eigenvalue weighted by atomic mass is 32.2. The molecular formula is C11H19N5OS. The molecule has 1 N–H and O–H groups in total. The Labute approximate surface area is 112 Å². The van der Waals surface area contributed by atoms with E-state index >= 15 is 0 Å². The zero-order valence-electron chi connectivity index (χ0n) is 11.0. The van der Waals surface area contributed by atoms with Crippen molar-refractivity contribution in [2.45, 2.75) is 25.0 Å². The number of thioether (sulfide) groups is 1. The molecule has 100 valence electrons. The highest BCUT2D eigenvalue weighted by Gasteiger charge is 2.16. The fourth-order valence-corrected chi connectivity index (χ4v) is 2.02. The van der Waals surface area contributed by atoms with E-state index < -0.39 is 0 Å². The number of aromatic nitrogens is 3. The van der Waals surface area contributed by atoms with Crippen LogP contribution in [0, 0.1) is 0 Å². The normalized spacial score (nSPS) is 16.1. The lowest BCUT2D eigenvalue weighted by atomic mass is 10.4. The standard InChI is InChI=1S/C11H19N5OS/c1-8(2)12-9-13-10(15-11(14-9)18-3)16-4-6-17-7-5-16/h8H,4-7H2,1-3H3,(H,12,13,14,15). The molecule has 7 heteroatoms. The molecule has 1 fully saturated rings. The maximum absolute atomic E-state index is 5.34. The molecule has 2 heterocycles. The molecule has 0 spiro atoms. The first-order valence-corrected chi connectivity index (χ1v) is 7.31. The Morgan fingerprint density at radius 2 is 1.94 bits per heavy atom. The van der Waals surface area contributed by atoms with Crippen LogP contribution in [0.25, 0.3) is 0 Å². The summed E-state index contributed by atoms with van der Waals surface area (Å²) in [5.41, 5.74) is 0. The highest BCUT2D eigenvalue weighted by Crippen LogP contribution is 2.17. The van der Waals surface area contributed by atoms with Crippen molar-refractivity contribution in [3.8, 4) is 0 Å². The zero-order valence-corrected chi connectivity index (χ0v) is 11.8. The van der Waals surface area contributed by atoms with Crippen molar-refractivity contribution in [2.24, 2.45) is 0 Å². The van der Waals surface area contributed by atoms with Crippen LogP contribution in [0.5, 0.6) is 0 Å². The second kappa shape index (κ2) is 6.19. The summed E-state index contributed by atoms with van der Waals surface area (Å²) in [4.78, 5) is 15.4. The van der Waals surface area contributed by atoms with Gasteiger partial charge in [-0.25, -0.2) is 0 Å². The van der Waals surface area contributed by atoms with Gasteiger partial charge in [-0.05, 0) is 20.1 Å². The number of hydrogen-bond acceptors (Lipinski definition) is 7. The minimum atomic E-state index is 0.305. The van der Waals surface area contributed by atoms with Gasteiger partial charge in [-0.3, -0.25) is 0 Å². The largest absolute Gasteiger partial charge is 0.378 e. The summed E-state index contributed by atoms with van der Waals surface area (Å²) in [5, 5.41) is 3.97. The van der Waals surface area contributed by atoms with Gasteiger partial charge in [0.25, 0.3) is 0 Å². The molecule has 1 saturated heterocycles. The van der Waals surface area contributed by atoms with E-state index in [1.165, 1.54) is 11.8 Å². The lowest BCUT2D eigenvalue weighted by Crippen LogP contribution is -2.37. The van der Waals surface area contributed by atoms with Gasteiger partial charge in [-0.15, -0.1) is 0 Å². The molecule has 0 aliphatic carbocycles. The van der Waals surface area contributed by atoms with Gasteiger partial charge < -0.3 is 15.0 Å². The molecule has 18 heavy (non-hydrogen) atoms. The lowest BCUT2D eigenvalue weighted by molar-refractivity contribution is 0.122. The first-order valence-electron chi connectivity index (χ1n) is 6.08. The van der Waals surface area contributed by atoms with E-state index in [0.29, 0.717) is 12.0 Å². The van der Waals surface area contributed by atoms with Crippen molar-refractivity contribution >= 4 is 23.7 Å². The number of hydrogen-bond donors (Lipinski definition) is 1. The first-order chi connectivity index (χ1) is 8.69. The van der Waals surface area contributed by atoms with Gasteiger partial charge in [-0.1, -0.05) is 11.8 Å². The number of nitrogens with one attached hydrogen (secondary N) is 1. The molecule has 1 aromatic rings. The molecule has 0 unspecified atom stereocenters. The summed E-state index contributed by atoms with van der Waals surface area (Å²) < 4.78 is 5.34. The maximum atomic E-state index is 5.34. The van der Waals surface area contributed by atoms with Gasteiger partial charge in [0.05, 0.1) is 13.2 Å². The predicted octanol–water partition coefficient (Wildman–Crippen LogP) is 1.25. The van der Waals surface area contributed by atoms with Crippen LogP contribution in [-0.4, -0.2) is 53.6 Å². The molecule has 0 saturated carbocycles. The number of morpholine rings is 1. The first kappa shape index (κ1) is 13.4. The molecule has 0 amide bonds. The van der Waals surface area contributed by atoms with Crippen LogP contribution in [0.1, 0.15) is 13.8 Å². The lowest BCUT2D eigenvalue weighted by Gasteiger charge is -2.27. The fraction of sp³-hybridized carbons (Fsp3) is 0.727. The van der Waals surface area contributed by atoms with Crippen LogP contribution in [0.4, 0.5) is 11.9 Å². The van der Waals surface area contributed by atoms with Crippen LogP contribution in [0.15, 0.2) is 5.16 Å². The number of nitrogens with zero attached hydrogens (tertiary/aromatic N) is 4. The SMILES string of the molecule is CSc1nc(NC(C)C)nc(N2CCOCC2)n1. The van der Waals surface area contributed by atoms with Gasteiger partial charge in [0, 0.05) is 19.1 Å². The summed E-state index contributed by atoms with van der Waals surface area (Å²) in [5.74, 6) is 1.38. The Kier molecular flexibility index (Phi) is 4.60. The monoisotopic (exact) mass is 269 g/mol. The smallest absolute Gasteiger partial charge is 0.231 e. The molecule has 0 bridgehead atoms. The second-order valence-electron chi connectivity index (χ2n) is 4.34. The Hall–Kier alpha value is -1.08. The fourth-order valence-electron chi connectivity index (χ4n) is 1.66. The second-order valence-corrected chi connectivity index (χ2v) is 5.12. The van der Waals surface area contributed by atoms with Crippen molar-refractivity contribution in [1.29, 1.82) is 0 Å². The summed E-state index contributed by atoms with van der Waals surface area (Å²) in [6, 6.07) is 0.305. The van der Waals surface area contributed by atoms with E-state index in [2.05, 4.69) is 39.0 Å². The van der Waals surface area contributed by atoms with E-state index in [1.54, 1.807) is 0 Å². The molecule has 6 nitrogen and oxygen atoms in total. The molecule has 1 aliphatic heterocycles. The number of rotatable bonds is 4. The molecule has 0 aromatic carbocycles. The van der Waals surface area contributed by atoms with Crippen LogP contribution in [0.2, 0.25) is 0 Å². The summed E-state index contributed by atoms with van der Waals surface area (Å²) in [7, 11) is 0. The van der Waals surface area contributed by atoms with Gasteiger partial charge in [-0.2, -0.15) is 15.0 Å². The third-order valence-electron chi connectivity index (χ3n) is 2.50. The summed E-state index contributed by atoms with van der Waals surface area (Å²) in [6.45, 7) is 7.26. The predicted molar refractivity (Wildman–Crippen MR) is 73.4 cm³/mol. The Morgan fingerprint density at radius 3 is 2.56 bits per heavy atom. The minimum absolute atomic E-state index is 0.305. The van der Waals surface area contributed by atoms with Crippen LogP contribution in [0.3, 0.4) is 0 Å². The van der Waals surface area contributed by atoms with Crippen LogP contribution >= 0.6 is 11.8 Å². The van der Waals surface area contributed by atoms with Crippen molar-refractivity contribution in [3.63, 3.8) is 0 Å². The molecule has 0 radical (unpaired) electrons. The maximum Gasteiger partial charge on any atom is 0.231 e. The average molecular weight is 269 g/mol. The van der Waals surface area contributed by atoms with Gasteiger partial charge in [0.15, 0.2) is 5.16 Å². The van der Waals surface area contributed by atoms with Gasteiger partial charge in [0.2, 0.25) is 11.9 Å². The van der Waals surface area contributed by atoms with Crippen molar-refractivity contribution in [2.75, 3.05) is 42.8 Å². The van der Waals surface area contributed by atoms with Crippen molar-refractivity contribution in [1.82, 2.24) is 15.0 Å². The van der Waals surface area contributed by atoms with E-state index in [1.807, 2.05) is 6.26 Å². The zero-order chi connectivity index (χ0) is 13.0. The Bertz CT molecular complexity index is 395.